The van der Waals surface area contributed by atoms with Crippen LogP contribution in [0.4, 0.5) is 0 Å². The molecule has 1 nitrogen and oxygen atoms in total. The monoisotopic (exact) mass is 237 g/mol. The molecule has 2 aromatic rings. The average molecular weight is 238 g/mol. The minimum atomic E-state index is 1.09. The van der Waals surface area contributed by atoms with E-state index in [2.05, 4.69) is 53.0 Å². The number of H-pyrrole nitrogens is 1. The Bertz CT molecular complexity index is 443. The number of aromatic nitrogens is 1. The van der Waals surface area contributed by atoms with Crippen molar-refractivity contribution in [3.8, 4) is 0 Å². The lowest BCUT2D eigenvalue weighted by atomic mass is 10.1. The van der Waals surface area contributed by atoms with Gasteiger partial charge < -0.3 is 4.98 Å². The van der Waals surface area contributed by atoms with Gasteiger partial charge in [-0.05, 0) is 31.0 Å². The Hall–Kier alpha value is -0.760. The highest BCUT2D eigenvalue weighted by atomic mass is 79.9. The number of benzene rings is 1. The van der Waals surface area contributed by atoms with E-state index in [1.807, 2.05) is 0 Å². The molecule has 0 saturated carbocycles. The maximum Gasteiger partial charge on any atom is 0.0470 e. The van der Waals surface area contributed by atoms with Gasteiger partial charge in [-0.2, -0.15) is 0 Å². The molecular weight excluding hydrogens is 226 g/mol. The van der Waals surface area contributed by atoms with E-state index >= 15 is 0 Å². The average Bonchev–Trinajstić information content (AvgIpc) is 2.39. The summed E-state index contributed by atoms with van der Waals surface area (Å²) in [4.78, 5) is 3.39. The van der Waals surface area contributed by atoms with E-state index in [0.717, 1.165) is 10.9 Å². The van der Waals surface area contributed by atoms with Crippen LogP contribution in [0.2, 0.25) is 0 Å². The fraction of sp³-hybridized carbons (Fsp3) is 0.273. The standard InChI is InChI=1S/C11H12BrN/c1-3-9-7(2)13-11-6-8(12)4-5-10(9)11/h4-6,13H,3H2,1-2H3. The van der Waals surface area contributed by atoms with Gasteiger partial charge in [0.15, 0.2) is 0 Å². The molecule has 0 aliphatic rings. The van der Waals surface area contributed by atoms with Crippen molar-refractivity contribution in [1.29, 1.82) is 0 Å². The van der Waals surface area contributed by atoms with Gasteiger partial charge in [0, 0.05) is 21.1 Å². The van der Waals surface area contributed by atoms with E-state index in [-0.39, 0.29) is 0 Å². The molecule has 0 amide bonds. The van der Waals surface area contributed by atoms with Crippen LogP contribution in [-0.4, -0.2) is 4.98 Å². The second kappa shape index (κ2) is 3.18. The van der Waals surface area contributed by atoms with Crippen LogP contribution in [0.15, 0.2) is 22.7 Å². The summed E-state index contributed by atoms with van der Waals surface area (Å²) in [5.41, 5.74) is 3.95. The van der Waals surface area contributed by atoms with Crippen LogP contribution in [-0.2, 0) is 6.42 Å². The van der Waals surface area contributed by atoms with Gasteiger partial charge >= 0.3 is 0 Å². The number of halogens is 1. The van der Waals surface area contributed by atoms with E-state index in [4.69, 9.17) is 0 Å². The predicted octanol–water partition coefficient (Wildman–Crippen LogP) is 3.80. The van der Waals surface area contributed by atoms with Gasteiger partial charge in [0.05, 0.1) is 0 Å². The summed E-state index contributed by atoms with van der Waals surface area (Å²) < 4.78 is 1.13. The molecule has 0 spiro atoms. The summed E-state index contributed by atoms with van der Waals surface area (Å²) in [5, 5.41) is 1.35. The number of aromatic amines is 1. The lowest BCUT2D eigenvalue weighted by Gasteiger charge is -1.95. The topological polar surface area (TPSA) is 15.8 Å². The largest absolute Gasteiger partial charge is 0.358 e. The Morgan fingerprint density at radius 3 is 2.85 bits per heavy atom. The number of aryl methyl sites for hydroxylation is 2. The molecule has 1 heterocycles. The van der Waals surface area contributed by atoms with Gasteiger partial charge in [-0.15, -0.1) is 0 Å². The third-order valence-corrected chi connectivity index (χ3v) is 2.93. The SMILES string of the molecule is CCc1c(C)[nH]c2cc(Br)ccc12. The second-order valence-corrected chi connectivity index (χ2v) is 4.19. The highest BCUT2D eigenvalue weighted by Crippen LogP contribution is 2.25. The quantitative estimate of drug-likeness (QED) is 0.777. The Balaban J connectivity index is 2.79. The van der Waals surface area contributed by atoms with Gasteiger partial charge in [0.25, 0.3) is 0 Å². The molecule has 1 aromatic carbocycles. The molecule has 2 rings (SSSR count). The summed E-state index contributed by atoms with van der Waals surface area (Å²) >= 11 is 3.47. The number of fused-ring (bicyclic) bond motifs is 1. The van der Waals surface area contributed by atoms with Crippen LogP contribution in [0.25, 0.3) is 10.9 Å². The van der Waals surface area contributed by atoms with Crippen LogP contribution in [0.5, 0.6) is 0 Å². The van der Waals surface area contributed by atoms with Crippen LogP contribution in [0, 0.1) is 6.92 Å². The van der Waals surface area contributed by atoms with E-state index < -0.39 is 0 Å². The van der Waals surface area contributed by atoms with Crippen molar-refractivity contribution < 1.29 is 0 Å². The molecule has 0 saturated heterocycles. The molecular formula is C11H12BrN. The molecule has 2 heteroatoms. The maximum absolute atomic E-state index is 3.47. The van der Waals surface area contributed by atoms with Crippen molar-refractivity contribution in [2.45, 2.75) is 20.3 Å². The van der Waals surface area contributed by atoms with E-state index in [1.54, 1.807) is 0 Å². The number of nitrogens with one attached hydrogen (secondary N) is 1. The first-order valence-electron chi connectivity index (χ1n) is 4.49. The number of hydrogen-bond donors (Lipinski definition) is 1. The first-order chi connectivity index (χ1) is 6.22. The fourth-order valence-electron chi connectivity index (χ4n) is 1.82. The van der Waals surface area contributed by atoms with Crippen molar-refractivity contribution in [2.24, 2.45) is 0 Å². The second-order valence-electron chi connectivity index (χ2n) is 3.27. The summed E-state index contributed by atoms with van der Waals surface area (Å²) in [7, 11) is 0. The lowest BCUT2D eigenvalue weighted by Crippen LogP contribution is -1.79. The zero-order valence-electron chi connectivity index (χ0n) is 7.82. The Morgan fingerprint density at radius 2 is 2.15 bits per heavy atom. The predicted molar refractivity (Wildman–Crippen MR) is 60.1 cm³/mol. The minimum Gasteiger partial charge on any atom is -0.358 e. The molecule has 0 fully saturated rings. The molecule has 0 aliphatic carbocycles. The van der Waals surface area contributed by atoms with Gasteiger partial charge in [-0.1, -0.05) is 28.9 Å². The smallest absolute Gasteiger partial charge is 0.0470 e. The first-order valence-corrected chi connectivity index (χ1v) is 5.28. The third kappa shape index (κ3) is 1.39. The molecule has 1 aromatic heterocycles. The Labute approximate surface area is 86.3 Å². The number of hydrogen-bond acceptors (Lipinski definition) is 0. The summed E-state index contributed by atoms with van der Waals surface area (Å²) in [6, 6.07) is 6.39. The lowest BCUT2D eigenvalue weighted by molar-refractivity contribution is 1.11. The van der Waals surface area contributed by atoms with Crippen LogP contribution >= 0.6 is 15.9 Å². The zero-order chi connectivity index (χ0) is 9.42. The van der Waals surface area contributed by atoms with Crippen molar-refractivity contribution >= 4 is 26.8 Å². The normalized spacial score (nSPS) is 11.0. The van der Waals surface area contributed by atoms with Crippen molar-refractivity contribution in [2.75, 3.05) is 0 Å². The Morgan fingerprint density at radius 1 is 1.38 bits per heavy atom. The van der Waals surface area contributed by atoms with Crippen molar-refractivity contribution in [1.82, 2.24) is 4.98 Å². The fourth-order valence-corrected chi connectivity index (χ4v) is 2.18. The maximum atomic E-state index is 3.47. The molecule has 0 bridgehead atoms. The first kappa shape index (κ1) is 8.82. The Kier molecular flexibility index (Phi) is 2.16. The van der Waals surface area contributed by atoms with Crippen LogP contribution in [0.1, 0.15) is 18.2 Å². The molecule has 0 unspecified atom stereocenters. The summed E-state index contributed by atoms with van der Waals surface area (Å²) in [5.74, 6) is 0. The van der Waals surface area contributed by atoms with E-state index in [0.29, 0.717) is 0 Å². The van der Waals surface area contributed by atoms with Gasteiger partial charge in [0.1, 0.15) is 0 Å². The highest BCUT2D eigenvalue weighted by Gasteiger charge is 2.05. The van der Waals surface area contributed by atoms with Crippen LogP contribution in [0.3, 0.4) is 0 Å². The van der Waals surface area contributed by atoms with Crippen LogP contribution < -0.4 is 0 Å². The molecule has 13 heavy (non-hydrogen) atoms. The van der Waals surface area contributed by atoms with Crippen molar-refractivity contribution in [3.63, 3.8) is 0 Å². The summed E-state index contributed by atoms with van der Waals surface area (Å²) in [6.45, 7) is 4.32. The van der Waals surface area contributed by atoms with Gasteiger partial charge in [0.2, 0.25) is 0 Å². The molecule has 0 radical (unpaired) electrons. The van der Waals surface area contributed by atoms with Gasteiger partial charge in [-0.3, -0.25) is 0 Å². The molecule has 1 N–H and O–H groups in total. The summed E-state index contributed by atoms with van der Waals surface area (Å²) in [6.07, 6.45) is 1.09. The van der Waals surface area contributed by atoms with Crippen molar-refractivity contribution in [3.05, 3.63) is 33.9 Å². The zero-order valence-corrected chi connectivity index (χ0v) is 9.40. The third-order valence-electron chi connectivity index (χ3n) is 2.44. The minimum absolute atomic E-state index is 1.09. The van der Waals surface area contributed by atoms with E-state index in [1.165, 1.54) is 22.2 Å². The molecule has 0 atom stereocenters. The number of rotatable bonds is 1. The molecule has 0 aliphatic heterocycles. The highest BCUT2D eigenvalue weighted by molar-refractivity contribution is 9.10. The van der Waals surface area contributed by atoms with E-state index in [9.17, 15) is 0 Å². The van der Waals surface area contributed by atoms with Gasteiger partial charge in [-0.25, -0.2) is 0 Å². The molecule has 68 valence electrons.